The molecule has 3 nitrogen and oxygen atoms in total. The Kier molecular flexibility index (Phi) is 0.877. The summed E-state index contributed by atoms with van der Waals surface area (Å²) in [6, 6.07) is 0. The van der Waals surface area contributed by atoms with Gasteiger partial charge in [0.05, 0.1) is 20.0 Å². The van der Waals surface area contributed by atoms with E-state index in [0.717, 1.165) is 0 Å². The van der Waals surface area contributed by atoms with Gasteiger partial charge in [-0.05, 0) is 0 Å². The smallest absolute Gasteiger partial charge is 0.123 e. The van der Waals surface area contributed by atoms with Crippen molar-refractivity contribution in [1.29, 1.82) is 0 Å². The Balaban J connectivity index is 2.84. The van der Waals surface area contributed by atoms with Gasteiger partial charge in [0.2, 0.25) is 0 Å². The van der Waals surface area contributed by atoms with Crippen LogP contribution in [0.1, 0.15) is 0 Å². The van der Waals surface area contributed by atoms with Crippen LogP contribution in [0.2, 0.25) is 0 Å². The van der Waals surface area contributed by atoms with E-state index >= 15 is 0 Å². The summed E-state index contributed by atoms with van der Waals surface area (Å²) >= 11 is 0. The zero-order valence-electron chi connectivity index (χ0n) is 4.96. The monoisotopic (exact) mass is 112 g/mol. The van der Waals surface area contributed by atoms with Gasteiger partial charge in [0.25, 0.3) is 0 Å². The predicted octanol–water partition coefficient (Wildman–Crippen LogP) is -0.736. The van der Waals surface area contributed by atoms with Crippen molar-refractivity contribution < 1.29 is 9.70 Å². The lowest BCUT2D eigenvalue weighted by molar-refractivity contribution is -0.844. The van der Waals surface area contributed by atoms with Crippen LogP contribution in [-0.4, -0.2) is 24.6 Å². The van der Waals surface area contributed by atoms with Crippen LogP contribution in [0.25, 0.3) is 0 Å². The Morgan fingerprint density at radius 1 is 1.62 bits per heavy atom. The molecule has 0 aromatic carbocycles. The molecule has 44 valence electrons. The highest BCUT2D eigenvalue weighted by atomic mass is 16.3. The number of rotatable bonds is 0. The van der Waals surface area contributed by atoms with Crippen molar-refractivity contribution in [2.75, 3.05) is 14.1 Å². The van der Waals surface area contributed by atoms with Gasteiger partial charge in [-0.3, -0.25) is 0 Å². The second kappa shape index (κ2) is 1.32. The molecule has 0 bridgehead atoms. The van der Waals surface area contributed by atoms with E-state index in [-0.39, 0.29) is 5.90 Å². The highest BCUT2D eigenvalue weighted by Crippen LogP contribution is 2.04. The quantitative estimate of drug-likeness (QED) is 0.380. The summed E-state index contributed by atoms with van der Waals surface area (Å²) in [5.74, 6) is -0.144. The van der Waals surface area contributed by atoms with Crippen molar-refractivity contribution in [2.45, 2.75) is 0 Å². The van der Waals surface area contributed by atoms with Crippen LogP contribution < -0.4 is 5.11 Å². The molecule has 0 aromatic heterocycles. The molecular formula is C5H8N2O. The standard InChI is InChI=1S/C5H8N2O/c1-7(2)4-3-5(8)6-7/h3-4H,1-2H3. The van der Waals surface area contributed by atoms with Gasteiger partial charge in [-0.15, -0.1) is 0 Å². The van der Waals surface area contributed by atoms with E-state index in [0.29, 0.717) is 4.59 Å². The molecule has 3 heteroatoms. The Morgan fingerprint density at radius 3 is 2.38 bits per heavy atom. The number of nitrogens with zero attached hydrogens (tertiary/aromatic N) is 2. The molecule has 0 saturated heterocycles. The first kappa shape index (κ1) is 5.31. The topological polar surface area (TPSA) is 35.4 Å². The molecule has 0 fully saturated rings. The van der Waals surface area contributed by atoms with Crippen molar-refractivity contribution >= 4 is 5.90 Å². The maximum Gasteiger partial charge on any atom is 0.123 e. The molecule has 0 aliphatic carbocycles. The minimum atomic E-state index is -0.144. The fraction of sp³-hybridized carbons (Fsp3) is 0.400. The summed E-state index contributed by atoms with van der Waals surface area (Å²) in [7, 11) is 3.67. The molecule has 1 heterocycles. The summed E-state index contributed by atoms with van der Waals surface area (Å²) in [6.45, 7) is 0. The molecule has 1 rings (SSSR count). The van der Waals surface area contributed by atoms with Crippen LogP contribution in [-0.2, 0) is 0 Å². The van der Waals surface area contributed by atoms with Crippen molar-refractivity contribution in [2.24, 2.45) is 5.10 Å². The van der Waals surface area contributed by atoms with Crippen LogP contribution in [0, 0.1) is 0 Å². The van der Waals surface area contributed by atoms with E-state index in [2.05, 4.69) is 5.10 Å². The molecular weight excluding hydrogens is 104 g/mol. The molecule has 0 amide bonds. The highest BCUT2D eigenvalue weighted by molar-refractivity contribution is 5.83. The van der Waals surface area contributed by atoms with E-state index in [1.54, 1.807) is 6.20 Å². The average molecular weight is 112 g/mol. The lowest BCUT2D eigenvalue weighted by Crippen LogP contribution is -2.25. The van der Waals surface area contributed by atoms with Crippen LogP contribution >= 0.6 is 0 Å². The van der Waals surface area contributed by atoms with E-state index < -0.39 is 0 Å². The predicted molar refractivity (Wildman–Crippen MR) is 28.7 cm³/mol. The minimum absolute atomic E-state index is 0.144. The third kappa shape index (κ3) is 0.869. The lowest BCUT2D eigenvalue weighted by Gasteiger charge is -2.12. The Morgan fingerprint density at radius 2 is 2.25 bits per heavy atom. The second-order valence-electron chi connectivity index (χ2n) is 2.23. The molecule has 1 aliphatic heterocycles. The molecule has 0 N–H and O–H groups in total. The molecule has 0 radical (unpaired) electrons. The lowest BCUT2D eigenvalue weighted by atomic mass is 10.6. The van der Waals surface area contributed by atoms with Crippen LogP contribution in [0.4, 0.5) is 0 Å². The van der Waals surface area contributed by atoms with E-state index in [4.69, 9.17) is 0 Å². The Bertz CT molecular complexity index is 158. The fourth-order valence-corrected chi connectivity index (χ4v) is 0.567. The molecule has 0 atom stereocenters. The Labute approximate surface area is 48.1 Å². The maximum absolute atomic E-state index is 10.4. The average Bonchev–Trinajstić information content (AvgIpc) is 1.82. The van der Waals surface area contributed by atoms with Gasteiger partial charge in [-0.1, -0.05) is 5.10 Å². The summed E-state index contributed by atoms with van der Waals surface area (Å²) in [5, 5.41) is 14.1. The summed E-state index contributed by atoms with van der Waals surface area (Å²) in [5.41, 5.74) is 0. The molecule has 0 aromatic rings. The fourth-order valence-electron chi connectivity index (χ4n) is 0.567. The van der Waals surface area contributed by atoms with Gasteiger partial charge in [0.15, 0.2) is 0 Å². The van der Waals surface area contributed by atoms with Gasteiger partial charge < -0.3 is 5.11 Å². The number of quaternary nitrogens is 1. The van der Waals surface area contributed by atoms with Crippen LogP contribution in [0.3, 0.4) is 0 Å². The third-order valence-corrected chi connectivity index (χ3v) is 0.938. The van der Waals surface area contributed by atoms with E-state index in [1.165, 1.54) is 6.08 Å². The first-order chi connectivity index (χ1) is 3.60. The molecule has 0 saturated carbocycles. The largest absolute Gasteiger partial charge is 0.855 e. The van der Waals surface area contributed by atoms with Crippen LogP contribution in [0.5, 0.6) is 0 Å². The Hall–Kier alpha value is -0.830. The molecule has 0 unspecified atom stereocenters. The molecule has 1 aliphatic rings. The van der Waals surface area contributed by atoms with E-state index in [1.807, 2.05) is 14.1 Å². The first-order valence-corrected chi connectivity index (χ1v) is 2.40. The summed E-state index contributed by atoms with van der Waals surface area (Å²) in [4.78, 5) is 0. The van der Waals surface area contributed by atoms with Gasteiger partial charge in [0, 0.05) is 6.08 Å². The van der Waals surface area contributed by atoms with Gasteiger partial charge in [-0.2, -0.15) is 4.59 Å². The third-order valence-electron chi connectivity index (χ3n) is 0.938. The summed E-state index contributed by atoms with van der Waals surface area (Å²) in [6.07, 6.45) is 3.21. The molecule has 0 spiro atoms. The van der Waals surface area contributed by atoms with Gasteiger partial charge in [-0.25, -0.2) is 0 Å². The first-order valence-electron chi connectivity index (χ1n) is 2.40. The van der Waals surface area contributed by atoms with Crippen molar-refractivity contribution in [3.8, 4) is 0 Å². The number of hydrogen-bond acceptors (Lipinski definition) is 2. The number of hydrogen-bond donors (Lipinski definition) is 0. The van der Waals surface area contributed by atoms with Gasteiger partial charge >= 0.3 is 0 Å². The summed E-state index contributed by atoms with van der Waals surface area (Å²) < 4.78 is 0.332. The highest BCUT2D eigenvalue weighted by Gasteiger charge is 2.12. The van der Waals surface area contributed by atoms with Crippen LogP contribution in [0.15, 0.2) is 17.4 Å². The van der Waals surface area contributed by atoms with Gasteiger partial charge in [0.1, 0.15) is 6.20 Å². The van der Waals surface area contributed by atoms with Crippen molar-refractivity contribution in [3.63, 3.8) is 0 Å². The molecule has 8 heavy (non-hydrogen) atoms. The maximum atomic E-state index is 10.4. The zero-order chi connectivity index (χ0) is 6.20. The minimum Gasteiger partial charge on any atom is -0.855 e. The second-order valence-corrected chi connectivity index (χ2v) is 2.23. The van der Waals surface area contributed by atoms with E-state index in [9.17, 15) is 5.11 Å². The SMILES string of the molecule is C[N+]1(C)C=CC([O-])=N1. The van der Waals surface area contributed by atoms with Crippen molar-refractivity contribution in [1.82, 2.24) is 0 Å². The van der Waals surface area contributed by atoms with Crippen molar-refractivity contribution in [3.05, 3.63) is 12.3 Å². The normalized spacial score (nSPS) is 23.5. The zero-order valence-corrected chi connectivity index (χ0v) is 4.96.